The van der Waals surface area contributed by atoms with Crippen molar-refractivity contribution in [2.24, 2.45) is 5.10 Å². The molecule has 32 heavy (non-hydrogen) atoms. The van der Waals surface area contributed by atoms with Crippen molar-refractivity contribution in [3.8, 4) is 5.75 Å². The number of benzene rings is 3. The number of furan rings is 1. The number of nitro groups is 1. The molecule has 0 saturated carbocycles. The molecule has 3 aromatic carbocycles. The van der Waals surface area contributed by atoms with Gasteiger partial charge in [-0.2, -0.15) is 5.10 Å². The molecule has 0 aliphatic rings. The van der Waals surface area contributed by atoms with Crippen LogP contribution in [0.1, 0.15) is 21.7 Å². The van der Waals surface area contributed by atoms with E-state index in [4.69, 9.17) is 20.8 Å². The summed E-state index contributed by atoms with van der Waals surface area (Å²) in [6, 6.07) is 20.0. The van der Waals surface area contributed by atoms with Crippen LogP contribution in [0.5, 0.6) is 5.75 Å². The van der Waals surface area contributed by atoms with E-state index in [9.17, 15) is 14.9 Å². The molecule has 4 rings (SSSR count). The summed E-state index contributed by atoms with van der Waals surface area (Å²) in [4.78, 5) is 22.8. The van der Waals surface area contributed by atoms with Crippen molar-refractivity contribution in [1.29, 1.82) is 0 Å². The minimum atomic E-state index is -0.511. The van der Waals surface area contributed by atoms with Crippen LogP contribution < -0.4 is 10.2 Å². The van der Waals surface area contributed by atoms with Crippen LogP contribution in [0.2, 0.25) is 5.02 Å². The molecule has 4 aromatic rings. The molecule has 0 spiro atoms. The highest BCUT2D eigenvalue weighted by Crippen LogP contribution is 2.23. The highest BCUT2D eigenvalue weighted by atomic mass is 35.5. The minimum Gasteiger partial charge on any atom is -0.488 e. The molecule has 9 heteroatoms. The number of carbonyl (C=O) groups excluding carboxylic acids is 1. The zero-order valence-electron chi connectivity index (χ0n) is 16.5. The lowest BCUT2D eigenvalue weighted by Gasteiger charge is -2.09. The molecule has 0 radical (unpaired) electrons. The Hall–Kier alpha value is -4.17. The Morgan fingerprint density at radius 1 is 1.12 bits per heavy atom. The van der Waals surface area contributed by atoms with Crippen molar-refractivity contribution in [2.75, 3.05) is 0 Å². The number of nitro benzene ring substituents is 1. The minimum absolute atomic E-state index is 0.00322. The fraction of sp³-hybridized carbons (Fsp3) is 0.0435. The van der Waals surface area contributed by atoms with Gasteiger partial charge >= 0.3 is 5.91 Å². The van der Waals surface area contributed by atoms with Crippen LogP contribution in [0, 0.1) is 10.1 Å². The zero-order valence-corrected chi connectivity index (χ0v) is 17.3. The quantitative estimate of drug-likeness (QED) is 0.233. The summed E-state index contributed by atoms with van der Waals surface area (Å²) in [7, 11) is 0. The van der Waals surface area contributed by atoms with Gasteiger partial charge in [0.15, 0.2) is 5.76 Å². The van der Waals surface area contributed by atoms with Crippen LogP contribution in [0.15, 0.2) is 82.3 Å². The zero-order chi connectivity index (χ0) is 22.5. The molecule has 8 nitrogen and oxygen atoms in total. The standard InChI is InChI=1S/C23H16ClN3O5/c24-18-8-9-21-17(11-18)12-22(32-21)23(28)26-25-13-16-5-1-2-7-20(16)31-14-15-4-3-6-19(10-15)27(29)30/h1-13H,14H2,(H,26,28)/b25-13+. The molecule has 1 N–H and O–H groups in total. The van der Waals surface area contributed by atoms with E-state index >= 15 is 0 Å². The molecule has 160 valence electrons. The Morgan fingerprint density at radius 3 is 2.81 bits per heavy atom. The second kappa shape index (κ2) is 9.32. The molecule has 1 heterocycles. The third-order valence-electron chi connectivity index (χ3n) is 4.51. The van der Waals surface area contributed by atoms with Crippen molar-refractivity contribution in [3.05, 3.63) is 105 Å². The van der Waals surface area contributed by atoms with Crippen molar-refractivity contribution in [1.82, 2.24) is 5.43 Å². The first kappa shape index (κ1) is 21.1. The van der Waals surface area contributed by atoms with E-state index in [1.807, 2.05) is 0 Å². The molecule has 1 aromatic heterocycles. The number of carbonyl (C=O) groups is 1. The number of halogens is 1. The fourth-order valence-electron chi connectivity index (χ4n) is 2.98. The molecule has 0 aliphatic heterocycles. The van der Waals surface area contributed by atoms with Gasteiger partial charge in [-0.15, -0.1) is 0 Å². The first-order valence-corrected chi connectivity index (χ1v) is 9.85. The van der Waals surface area contributed by atoms with Gasteiger partial charge in [-0.1, -0.05) is 35.9 Å². The normalized spacial score (nSPS) is 11.0. The lowest BCUT2D eigenvalue weighted by molar-refractivity contribution is -0.384. The molecule has 0 fully saturated rings. The molecule has 0 bridgehead atoms. The maximum Gasteiger partial charge on any atom is 0.307 e. The molecular formula is C23H16ClN3O5. The van der Waals surface area contributed by atoms with Gasteiger partial charge in [-0.25, -0.2) is 5.43 Å². The summed E-state index contributed by atoms with van der Waals surface area (Å²) < 4.78 is 11.3. The van der Waals surface area contributed by atoms with Crippen molar-refractivity contribution in [3.63, 3.8) is 0 Å². The highest BCUT2D eigenvalue weighted by molar-refractivity contribution is 6.31. The number of nitrogens with one attached hydrogen (secondary N) is 1. The lowest BCUT2D eigenvalue weighted by Crippen LogP contribution is -2.16. The Kier molecular flexibility index (Phi) is 6.14. The molecular weight excluding hydrogens is 434 g/mol. The lowest BCUT2D eigenvalue weighted by atomic mass is 10.2. The number of para-hydroxylation sites is 1. The van der Waals surface area contributed by atoms with E-state index in [-0.39, 0.29) is 18.1 Å². The molecule has 0 aliphatic carbocycles. The topological polar surface area (TPSA) is 107 Å². The van der Waals surface area contributed by atoms with Gasteiger partial charge in [-0.05, 0) is 42.0 Å². The van der Waals surface area contributed by atoms with Crippen molar-refractivity contribution in [2.45, 2.75) is 6.61 Å². The van der Waals surface area contributed by atoms with E-state index in [1.54, 1.807) is 60.7 Å². The second-order valence-electron chi connectivity index (χ2n) is 6.75. The number of amides is 1. The summed E-state index contributed by atoms with van der Waals surface area (Å²) >= 11 is 5.95. The average molecular weight is 450 g/mol. The maximum atomic E-state index is 12.3. The predicted octanol–water partition coefficient (Wildman–Crippen LogP) is 5.34. The first-order chi connectivity index (χ1) is 15.5. The fourth-order valence-corrected chi connectivity index (χ4v) is 3.16. The number of rotatable bonds is 7. The predicted molar refractivity (Wildman–Crippen MR) is 120 cm³/mol. The number of non-ortho nitro benzene ring substituents is 1. The SMILES string of the molecule is O=C(N/N=C/c1ccccc1OCc1cccc([N+](=O)[O-])c1)c1cc2cc(Cl)ccc2o1. The summed E-state index contributed by atoms with van der Waals surface area (Å²) in [5.74, 6) is 0.105. The van der Waals surface area contributed by atoms with Gasteiger partial charge in [0.25, 0.3) is 5.69 Å². The number of hydrogen-bond donors (Lipinski definition) is 1. The van der Waals surface area contributed by atoms with Crippen LogP contribution in [0.3, 0.4) is 0 Å². The van der Waals surface area contributed by atoms with Crippen LogP contribution in [0.25, 0.3) is 11.0 Å². The first-order valence-electron chi connectivity index (χ1n) is 9.47. The van der Waals surface area contributed by atoms with E-state index in [2.05, 4.69) is 10.5 Å². The highest BCUT2D eigenvalue weighted by Gasteiger charge is 2.12. The Bertz CT molecular complexity index is 1330. The molecule has 1 amide bonds. The van der Waals surface area contributed by atoms with E-state index in [1.165, 1.54) is 18.3 Å². The Balaban J connectivity index is 1.42. The largest absolute Gasteiger partial charge is 0.488 e. The van der Waals surface area contributed by atoms with Crippen LogP contribution in [-0.2, 0) is 6.61 Å². The maximum absolute atomic E-state index is 12.3. The second-order valence-corrected chi connectivity index (χ2v) is 7.18. The van der Waals surface area contributed by atoms with Gasteiger partial charge in [-0.3, -0.25) is 14.9 Å². The van der Waals surface area contributed by atoms with Gasteiger partial charge in [0.2, 0.25) is 0 Å². The van der Waals surface area contributed by atoms with E-state index < -0.39 is 10.8 Å². The number of fused-ring (bicyclic) bond motifs is 1. The summed E-state index contributed by atoms with van der Waals surface area (Å²) in [6.45, 7) is 0.139. The van der Waals surface area contributed by atoms with Crippen LogP contribution >= 0.6 is 11.6 Å². The Morgan fingerprint density at radius 2 is 1.97 bits per heavy atom. The third kappa shape index (κ3) is 4.93. The van der Waals surface area contributed by atoms with Crippen LogP contribution in [-0.4, -0.2) is 17.0 Å². The molecule has 0 unspecified atom stereocenters. The monoisotopic (exact) mass is 449 g/mol. The van der Waals surface area contributed by atoms with Gasteiger partial charge in [0, 0.05) is 28.1 Å². The summed E-state index contributed by atoms with van der Waals surface area (Å²) in [5, 5.41) is 16.2. The smallest absolute Gasteiger partial charge is 0.307 e. The molecule has 0 saturated heterocycles. The number of nitrogens with zero attached hydrogens (tertiary/aromatic N) is 2. The van der Waals surface area contributed by atoms with Gasteiger partial charge in [0.1, 0.15) is 17.9 Å². The van der Waals surface area contributed by atoms with E-state index in [0.717, 1.165) is 0 Å². The summed E-state index contributed by atoms with van der Waals surface area (Å²) in [5.41, 5.74) is 4.24. The summed E-state index contributed by atoms with van der Waals surface area (Å²) in [6.07, 6.45) is 1.44. The van der Waals surface area contributed by atoms with Crippen molar-refractivity contribution >= 4 is 40.4 Å². The number of ether oxygens (including phenoxy) is 1. The number of hydrogen-bond acceptors (Lipinski definition) is 6. The van der Waals surface area contributed by atoms with Crippen LogP contribution in [0.4, 0.5) is 5.69 Å². The third-order valence-corrected chi connectivity index (χ3v) is 4.74. The van der Waals surface area contributed by atoms with Gasteiger partial charge < -0.3 is 9.15 Å². The van der Waals surface area contributed by atoms with E-state index in [0.29, 0.717) is 32.9 Å². The number of hydrazone groups is 1. The average Bonchev–Trinajstić information content (AvgIpc) is 3.22. The van der Waals surface area contributed by atoms with Crippen molar-refractivity contribution < 1.29 is 18.9 Å². The molecule has 0 atom stereocenters. The Labute approximate surface area is 187 Å². The van der Waals surface area contributed by atoms with Gasteiger partial charge in [0.05, 0.1) is 11.1 Å².